The van der Waals surface area contributed by atoms with Gasteiger partial charge in [0.2, 0.25) is 0 Å². The van der Waals surface area contributed by atoms with E-state index in [0.29, 0.717) is 18.8 Å². The third-order valence-corrected chi connectivity index (χ3v) is 4.76. The first-order valence-corrected chi connectivity index (χ1v) is 8.99. The van der Waals surface area contributed by atoms with Crippen LogP contribution in [0.15, 0.2) is 27.8 Å². The highest BCUT2D eigenvalue weighted by Crippen LogP contribution is 2.29. The summed E-state index contributed by atoms with van der Waals surface area (Å²) in [6.07, 6.45) is 1.49. The van der Waals surface area contributed by atoms with Crippen LogP contribution in [0.5, 0.6) is 0 Å². The first kappa shape index (κ1) is 21.1. The first-order valence-electron chi connectivity index (χ1n) is 8.01. The van der Waals surface area contributed by atoms with Gasteiger partial charge in [-0.3, -0.25) is 9.79 Å². The Balaban J connectivity index is 0.00000288. The predicted molar refractivity (Wildman–Crippen MR) is 111 cm³/mol. The number of carbonyl (C=O) groups excluding carboxylic acids is 1. The zero-order chi connectivity index (χ0) is 16.7. The largest absolute Gasteiger partial charge is 0.459 e. The molecule has 6 nitrogen and oxygen atoms in total. The van der Waals surface area contributed by atoms with Gasteiger partial charge in [0.15, 0.2) is 11.7 Å². The molecule has 0 aromatic carbocycles. The van der Waals surface area contributed by atoms with Gasteiger partial charge in [-0.1, -0.05) is 0 Å². The highest BCUT2D eigenvalue weighted by molar-refractivity contribution is 14.0. The van der Waals surface area contributed by atoms with Crippen LogP contribution in [0.1, 0.15) is 31.3 Å². The lowest BCUT2D eigenvalue weighted by atomic mass is 10.2. The Bertz CT molecular complexity index is 534. The number of guanidine groups is 1. The summed E-state index contributed by atoms with van der Waals surface area (Å²) in [5.41, 5.74) is 0. The van der Waals surface area contributed by atoms with Crippen LogP contribution in [0.4, 0.5) is 0 Å². The van der Waals surface area contributed by atoms with Crippen molar-refractivity contribution in [3.63, 3.8) is 0 Å². The van der Waals surface area contributed by atoms with Gasteiger partial charge in [0.25, 0.3) is 5.91 Å². The monoisotopic (exact) mass is 466 g/mol. The van der Waals surface area contributed by atoms with Crippen LogP contribution in [0.25, 0.3) is 0 Å². The van der Waals surface area contributed by atoms with Crippen LogP contribution >= 0.6 is 35.7 Å². The molecule has 1 aromatic heterocycles. The Labute approximate surface area is 165 Å². The third kappa shape index (κ3) is 6.54. The van der Waals surface area contributed by atoms with Crippen LogP contribution in [0.2, 0.25) is 0 Å². The number of nitrogens with one attached hydrogen (secondary N) is 2. The summed E-state index contributed by atoms with van der Waals surface area (Å²) in [6, 6.07) is 3.35. The summed E-state index contributed by atoms with van der Waals surface area (Å²) in [5, 5.41) is 6.15. The SMILES string of the molecule is CCNC(=NCCNC(=O)c1ccco1)N1CCSC(C)(C)C1.I. The van der Waals surface area contributed by atoms with E-state index in [2.05, 4.69) is 41.3 Å². The molecule has 24 heavy (non-hydrogen) atoms. The van der Waals surface area contributed by atoms with Gasteiger partial charge in [-0.25, -0.2) is 0 Å². The van der Waals surface area contributed by atoms with Crippen LogP contribution < -0.4 is 10.6 Å². The number of hydrogen-bond donors (Lipinski definition) is 2. The quantitative estimate of drug-likeness (QED) is 0.302. The molecule has 0 radical (unpaired) electrons. The molecule has 1 fully saturated rings. The van der Waals surface area contributed by atoms with E-state index in [1.165, 1.54) is 6.26 Å². The third-order valence-electron chi connectivity index (χ3n) is 3.46. The van der Waals surface area contributed by atoms with Crippen LogP contribution in [0, 0.1) is 0 Å². The van der Waals surface area contributed by atoms with Gasteiger partial charge in [-0.15, -0.1) is 24.0 Å². The maximum absolute atomic E-state index is 11.8. The molecule has 2 N–H and O–H groups in total. The number of furan rings is 1. The van der Waals surface area contributed by atoms with E-state index in [9.17, 15) is 4.79 Å². The second kappa shape index (κ2) is 10.2. The number of carbonyl (C=O) groups is 1. The van der Waals surface area contributed by atoms with Gasteiger partial charge in [0.05, 0.1) is 12.8 Å². The number of rotatable bonds is 5. The Morgan fingerprint density at radius 1 is 1.46 bits per heavy atom. The zero-order valence-corrected chi connectivity index (χ0v) is 17.6. The van der Waals surface area contributed by atoms with E-state index in [1.54, 1.807) is 12.1 Å². The predicted octanol–water partition coefficient (Wildman–Crippen LogP) is 2.42. The van der Waals surface area contributed by atoms with Crippen LogP contribution in [-0.2, 0) is 0 Å². The smallest absolute Gasteiger partial charge is 0.287 e. The maximum atomic E-state index is 11.8. The highest BCUT2D eigenvalue weighted by Gasteiger charge is 2.28. The van der Waals surface area contributed by atoms with Crippen molar-refractivity contribution in [2.45, 2.75) is 25.5 Å². The van der Waals surface area contributed by atoms with E-state index >= 15 is 0 Å². The standard InChI is InChI=1S/C16H26N4O2S.HI/c1-4-17-15(20-9-11-23-16(2,3)12-20)19-8-7-18-14(21)13-6-5-10-22-13;/h5-6,10H,4,7-9,11-12H2,1-3H3,(H,17,19)(H,18,21);1H. The second-order valence-corrected chi connectivity index (χ2v) is 7.80. The molecule has 2 heterocycles. The summed E-state index contributed by atoms with van der Waals surface area (Å²) in [4.78, 5) is 18.7. The van der Waals surface area contributed by atoms with Gasteiger partial charge in [-0.05, 0) is 32.9 Å². The van der Waals surface area contributed by atoms with Crippen molar-refractivity contribution in [2.24, 2.45) is 4.99 Å². The molecule has 0 atom stereocenters. The van der Waals surface area contributed by atoms with E-state index in [0.717, 1.165) is 31.3 Å². The summed E-state index contributed by atoms with van der Waals surface area (Å²) in [7, 11) is 0. The van der Waals surface area contributed by atoms with E-state index in [1.807, 2.05) is 11.8 Å². The molecule has 0 unspecified atom stereocenters. The average molecular weight is 466 g/mol. The first-order chi connectivity index (χ1) is 11.0. The fourth-order valence-corrected chi connectivity index (χ4v) is 3.56. The average Bonchev–Trinajstić information content (AvgIpc) is 3.03. The van der Waals surface area contributed by atoms with Crippen molar-refractivity contribution in [2.75, 3.05) is 38.5 Å². The molecule has 136 valence electrons. The lowest BCUT2D eigenvalue weighted by molar-refractivity contribution is 0.0927. The minimum atomic E-state index is -0.203. The fourth-order valence-electron chi connectivity index (χ4n) is 2.45. The molecule has 1 aliphatic heterocycles. The van der Waals surface area contributed by atoms with Crippen molar-refractivity contribution < 1.29 is 9.21 Å². The zero-order valence-electron chi connectivity index (χ0n) is 14.5. The molecule has 1 aromatic rings. The van der Waals surface area contributed by atoms with Crippen molar-refractivity contribution in [1.29, 1.82) is 0 Å². The lowest BCUT2D eigenvalue weighted by Gasteiger charge is -2.39. The molecule has 0 aliphatic carbocycles. The molecule has 8 heteroatoms. The molecular weight excluding hydrogens is 439 g/mol. The number of halogens is 1. The van der Waals surface area contributed by atoms with Gasteiger partial charge in [0.1, 0.15) is 0 Å². The van der Waals surface area contributed by atoms with Gasteiger partial charge in [-0.2, -0.15) is 11.8 Å². The van der Waals surface area contributed by atoms with Crippen molar-refractivity contribution >= 4 is 47.6 Å². The van der Waals surface area contributed by atoms with E-state index in [-0.39, 0.29) is 34.6 Å². The molecule has 0 bridgehead atoms. The van der Waals surface area contributed by atoms with E-state index in [4.69, 9.17) is 4.42 Å². The minimum absolute atomic E-state index is 0. The fraction of sp³-hybridized carbons (Fsp3) is 0.625. The molecule has 1 amide bonds. The summed E-state index contributed by atoms with van der Waals surface area (Å²) < 4.78 is 5.30. The lowest BCUT2D eigenvalue weighted by Crippen LogP contribution is -2.51. The van der Waals surface area contributed by atoms with Gasteiger partial charge in [0, 0.05) is 36.7 Å². The number of hydrogen-bond acceptors (Lipinski definition) is 4. The maximum Gasteiger partial charge on any atom is 0.287 e. The van der Waals surface area contributed by atoms with Crippen molar-refractivity contribution in [3.05, 3.63) is 24.2 Å². The Morgan fingerprint density at radius 2 is 2.25 bits per heavy atom. The van der Waals surface area contributed by atoms with Crippen LogP contribution in [-0.4, -0.2) is 60.0 Å². The number of aliphatic imine (C=N–C) groups is 1. The molecular formula is C16H27IN4O2S. The molecule has 0 saturated carbocycles. The Hall–Kier alpha value is -0.900. The summed E-state index contributed by atoms with van der Waals surface area (Å²) in [6.45, 7) is 10.4. The molecule has 1 saturated heterocycles. The topological polar surface area (TPSA) is 69.9 Å². The Kier molecular flexibility index (Phi) is 8.96. The molecule has 2 rings (SSSR count). The normalized spacial score (nSPS) is 17.1. The molecule has 1 aliphatic rings. The number of nitrogens with zero attached hydrogens (tertiary/aromatic N) is 2. The highest BCUT2D eigenvalue weighted by atomic mass is 127. The van der Waals surface area contributed by atoms with Gasteiger partial charge >= 0.3 is 0 Å². The summed E-state index contributed by atoms with van der Waals surface area (Å²) >= 11 is 2.00. The van der Waals surface area contributed by atoms with Crippen molar-refractivity contribution in [3.8, 4) is 0 Å². The second-order valence-electron chi connectivity index (χ2n) is 6.00. The number of thioether (sulfide) groups is 1. The number of amides is 1. The van der Waals surface area contributed by atoms with Crippen LogP contribution in [0.3, 0.4) is 0 Å². The van der Waals surface area contributed by atoms with Gasteiger partial charge < -0.3 is 20.0 Å². The van der Waals surface area contributed by atoms with Crippen molar-refractivity contribution in [1.82, 2.24) is 15.5 Å². The van der Waals surface area contributed by atoms with E-state index < -0.39 is 0 Å². The summed E-state index contributed by atoms with van der Waals surface area (Å²) in [5.74, 6) is 2.15. The Morgan fingerprint density at radius 3 is 2.88 bits per heavy atom. The minimum Gasteiger partial charge on any atom is -0.459 e. The molecule has 0 spiro atoms.